The van der Waals surface area contributed by atoms with Gasteiger partial charge in [-0.05, 0) is 30.3 Å². The number of rotatable bonds is 4. The van der Waals surface area contributed by atoms with E-state index in [0.29, 0.717) is 11.2 Å². The third kappa shape index (κ3) is 3.30. The highest BCUT2D eigenvalue weighted by atomic mass is 32.2. The number of aromatic amines is 1. The van der Waals surface area contributed by atoms with Gasteiger partial charge in [0.25, 0.3) is 10.0 Å². The van der Waals surface area contributed by atoms with E-state index < -0.39 is 15.8 Å². The molecule has 2 aromatic carbocycles. The van der Waals surface area contributed by atoms with Gasteiger partial charge in [0, 0.05) is 18.7 Å². The number of benzene rings is 2. The second kappa shape index (κ2) is 5.85. The summed E-state index contributed by atoms with van der Waals surface area (Å²) in [4.78, 5) is 24.6. The molecule has 3 rings (SSSR count). The Hall–Kier alpha value is -3.07. The van der Waals surface area contributed by atoms with Crippen molar-refractivity contribution < 1.29 is 17.6 Å². The third-order valence-corrected chi connectivity index (χ3v) is 4.52. The van der Waals surface area contributed by atoms with E-state index in [1.807, 2.05) is 0 Å². The molecule has 8 nitrogen and oxygen atoms in total. The van der Waals surface area contributed by atoms with Crippen molar-refractivity contribution in [1.82, 2.24) is 4.98 Å². The van der Waals surface area contributed by atoms with Crippen molar-refractivity contribution in [2.24, 2.45) is 0 Å². The lowest BCUT2D eigenvalue weighted by Crippen LogP contribution is -2.13. The van der Waals surface area contributed by atoms with Crippen molar-refractivity contribution in [3.63, 3.8) is 0 Å². The third-order valence-electron chi connectivity index (χ3n) is 3.14. The number of hydrogen-bond donors (Lipinski definition) is 3. The van der Waals surface area contributed by atoms with Crippen molar-refractivity contribution in [2.75, 3.05) is 10.0 Å². The van der Waals surface area contributed by atoms with Crippen LogP contribution in [0.1, 0.15) is 6.92 Å². The molecule has 0 unspecified atom stereocenters. The highest BCUT2D eigenvalue weighted by Gasteiger charge is 2.16. The molecule has 0 bridgehead atoms. The van der Waals surface area contributed by atoms with E-state index in [1.165, 1.54) is 31.2 Å². The molecule has 1 aromatic heterocycles. The molecule has 0 aliphatic carbocycles. The van der Waals surface area contributed by atoms with Gasteiger partial charge in [-0.1, -0.05) is 6.07 Å². The molecule has 124 valence electrons. The number of H-pyrrole nitrogens is 1. The summed E-state index contributed by atoms with van der Waals surface area (Å²) in [7, 11) is -3.88. The summed E-state index contributed by atoms with van der Waals surface area (Å²) in [5.41, 5.74) is 1.31. The van der Waals surface area contributed by atoms with Gasteiger partial charge in [0.15, 0.2) is 5.58 Å². The summed E-state index contributed by atoms with van der Waals surface area (Å²) >= 11 is 0. The fraction of sp³-hybridized carbons (Fsp3) is 0.0667. The average molecular weight is 347 g/mol. The minimum Gasteiger partial charge on any atom is -0.408 e. The van der Waals surface area contributed by atoms with E-state index in [-0.39, 0.29) is 22.1 Å². The first-order valence-corrected chi connectivity index (χ1v) is 8.35. The molecule has 1 amide bonds. The number of carbonyl (C=O) groups excluding carboxylic acids is 1. The predicted octanol–water partition coefficient (Wildman–Crippen LogP) is 1.88. The Labute approximate surface area is 136 Å². The van der Waals surface area contributed by atoms with Crippen molar-refractivity contribution in [3.8, 4) is 0 Å². The van der Waals surface area contributed by atoms with Gasteiger partial charge >= 0.3 is 5.76 Å². The molecule has 3 N–H and O–H groups in total. The van der Waals surface area contributed by atoms with Crippen LogP contribution in [0.5, 0.6) is 0 Å². The van der Waals surface area contributed by atoms with Crippen molar-refractivity contribution in [1.29, 1.82) is 0 Å². The molecule has 0 fully saturated rings. The molecule has 0 spiro atoms. The quantitative estimate of drug-likeness (QED) is 0.665. The van der Waals surface area contributed by atoms with Crippen LogP contribution in [-0.2, 0) is 14.8 Å². The van der Waals surface area contributed by atoms with E-state index in [0.717, 1.165) is 0 Å². The largest absolute Gasteiger partial charge is 0.417 e. The zero-order valence-corrected chi connectivity index (χ0v) is 13.3. The molecule has 0 saturated carbocycles. The van der Waals surface area contributed by atoms with Gasteiger partial charge < -0.3 is 9.73 Å². The van der Waals surface area contributed by atoms with Crippen LogP contribution in [0.3, 0.4) is 0 Å². The van der Waals surface area contributed by atoms with Crippen LogP contribution in [0.25, 0.3) is 11.1 Å². The first kappa shape index (κ1) is 15.8. The Morgan fingerprint density at radius 2 is 1.88 bits per heavy atom. The summed E-state index contributed by atoms with van der Waals surface area (Å²) in [5, 5.41) is 2.57. The molecule has 1 heterocycles. The van der Waals surface area contributed by atoms with Crippen LogP contribution in [0.4, 0.5) is 11.4 Å². The minimum absolute atomic E-state index is 0.0531. The maximum atomic E-state index is 12.5. The van der Waals surface area contributed by atoms with Gasteiger partial charge in [-0.25, -0.2) is 13.2 Å². The number of oxazole rings is 1. The number of amides is 1. The SMILES string of the molecule is CC(=O)Nc1cccc(NS(=O)(=O)c2ccc3[nH]c(=O)oc3c2)c1. The highest BCUT2D eigenvalue weighted by molar-refractivity contribution is 7.92. The van der Waals surface area contributed by atoms with Gasteiger partial charge in [0.1, 0.15) is 0 Å². The molecule has 0 aliphatic heterocycles. The Morgan fingerprint density at radius 3 is 2.62 bits per heavy atom. The van der Waals surface area contributed by atoms with Gasteiger partial charge in [-0.15, -0.1) is 0 Å². The van der Waals surface area contributed by atoms with Gasteiger partial charge in [-0.2, -0.15) is 0 Å². The number of fused-ring (bicyclic) bond motifs is 1. The lowest BCUT2D eigenvalue weighted by Gasteiger charge is -2.09. The van der Waals surface area contributed by atoms with E-state index >= 15 is 0 Å². The topological polar surface area (TPSA) is 121 Å². The van der Waals surface area contributed by atoms with E-state index in [1.54, 1.807) is 18.2 Å². The maximum Gasteiger partial charge on any atom is 0.417 e. The lowest BCUT2D eigenvalue weighted by molar-refractivity contribution is -0.114. The second-order valence-corrected chi connectivity index (χ2v) is 6.72. The highest BCUT2D eigenvalue weighted by Crippen LogP contribution is 2.21. The molecule has 0 atom stereocenters. The van der Waals surface area contributed by atoms with Crippen LogP contribution < -0.4 is 15.8 Å². The average Bonchev–Trinajstić information content (AvgIpc) is 2.85. The summed E-state index contributed by atoms with van der Waals surface area (Å²) < 4.78 is 32.2. The summed E-state index contributed by atoms with van der Waals surface area (Å²) in [5.74, 6) is -0.918. The minimum atomic E-state index is -3.88. The second-order valence-electron chi connectivity index (χ2n) is 5.04. The van der Waals surface area contributed by atoms with E-state index in [4.69, 9.17) is 4.42 Å². The van der Waals surface area contributed by atoms with Crippen molar-refractivity contribution in [3.05, 3.63) is 53.0 Å². The number of anilines is 2. The number of hydrogen-bond acceptors (Lipinski definition) is 5. The molecule has 24 heavy (non-hydrogen) atoms. The van der Waals surface area contributed by atoms with Gasteiger partial charge in [0.05, 0.1) is 16.1 Å². The molecule has 0 radical (unpaired) electrons. The summed E-state index contributed by atoms with van der Waals surface area (Å²) in [6, 6.07) is 10.4. The Balaban J connectivity index is 1.92. The summed E-state index contributed by atoms with van der Waals surface area (Å²) in [6.07, 6.45) is 0. The smallest absolute Gasteiger partial charge is 0.408 e. The van der Waals surface area contributed by atoms with E-state index in [2.05, 4.69) is 15.0 Å². The van der Waals surface area contributed by atoms with Crippen LogP contribution in [0, 0.1) is 0 Å². The Morgan fingerprint density at radius 1 is 1.12 bits per heavy atom. The molecular formula is C15H13N3O5S. The fourth-order valence-corrected chi connectivity index (χ4v) is 3.24. The standard InChI is InChI=1S/C15H13N3O5S/c1-9(19)16-10-3-2-4-11(7-10)18-24(21,22)12-5-6-13-14(8-12)23-15(20)17-13/h2-8,18H,1H3,(H,16,19)(H,17,20). The Bertz CT molecular complexity index is 1080. The number of carbonyl (C=O) groups is 1. The number of nitrogens with one attached hydrogen (secondary N) is 3. The molecule has 9 heteroatoms. The normalized spacial score (nSPS) is 11.4. The molecule has 3 aromatic rings. The van der Waals surface area contributed by atoms with Gasteiger partial charge in [0.2, 0.25) is 5.91 Å². The fourth-order valence-electron chi connectivity index (χ4n) is 2.17. The van der Waals surface area contributed by atoms with E-state index in [9.17, 15) is 18.0 Å². The van der Waals surface area contributed by atoms with Crippen molar-refractivity contribution in [2.45, 2.75) is 11.8 Å². The zero-order valence-electron chi connectivity index (χ0n) is 12.5. The first-order chi connectivity index (χ1) is 11.3. The predicted molar refractivity (Wildman–Crippen MR) is 88.4 cm³/mol. The monoisotopic (exact) mass is 347 g/mol. The summed E-state index contributed by atoms with van der Waals surface area (Å²) in [6.45, 7) is 1.36. The van der Waals surface area contributed by atoms with Crippen LogP contribution >= 0.6 is 0 Å². The molecular weight excluding hydrogens is 334 g/mol. The first-order valence-electron chi connectivity index (χ1n) is 6.87. The maximum absolute atomic E-state index is 12.5. The number of sulfonamides is 1. The number of aromatic nitrogens is 1. The van der Waals surface area contributed by atoms with Crippen LogP contribution in [-0.4, -0.2) is 19.3 Å². The van der Waals surface area contributed by atoms with Crippen molar-refractivity contribution >= 4 is 38.4 Å². The molecule has 0 aliphatic rings. The lowest BCUT2D eigenvalue weighted by atomic mass is 10.3. The van der Waals surface area contributed by atoms with Crippen LogP contribution in [0.2, 0.25) is 0 Å². The Kier molecular flexibility index (Phi) is 3.86. The van der Waals surface area contributed by atoms with Crippen LogP contribution in [0.15, 0.2) is 56.6 Å². The zero-order chi connectivity index (χ0) is 17.3. The molecule has 0 saturated heterocycles. The van der Waals surface area contributed by atoms with Gasteiger partial charge in [-0.3, -0.25) is 14.5 Å².